The lowest BCUT2D eigenvalue weighted by Crippen LogP contribution is -2.49. The van der Waals surface area contributed by atoms with Gasteiger partial charge < -0.3 is 19.7 Å². The van der Waals surface area contributed by atoms with Gasteiger partial charge in [-0.25, -0.2) is 8.42 Å². The molecule has 0 saturated heterocycles. The summed E-state index contributed by atoms with van der Waals surface area (Å²) in [7, 11) is -3.62. The zero-order valence-corrected chi connectivity index (χ0v) is 24.8. The Morgan fingerprint density at radius 1 is 1.05 bits per heavy atom. The summed E-state index contributed by atoms with van der Waals surface area (Å²) in [6.07, 6.45) is 5.63. The second-order valence-corrected chi connectivity index (χ2v) is 12.9. The van der Waals surface area contributed by atoms with Crippen molar-refractivity contribution in [3.8, 4) is 11.5 Å². The summed E-state index contributed by atoms with van der Waals surface area (Å²) < 4.78 is 38.6. The molecule has 9 nitrogen and oxygen atoms in total. The van der Waals surface area contributed by atoms with Crippen LogP contribution in [0.5, 0.6) is 11.5 Å². The highest BCUT2D eigenvalue weighted by atomic mass is 79.9. The molecule has 1 aliphatic heterocycles. The summed E-state index contributed by atoms with van der Waals surface area (Å²) in [5.41, 5.74) is 1.35. The van der Waals surface area contributed by atoms with Gasteiger partial charge in [-0.1, -0.05) is 40.9 Å². The molecule has 2 amide bonds. The summed E-state index contributed by atoms with van der Waals surface area (Å²) in [4.78, 5) is 28.2. The van der Waals surface area contributed by atoms with Crippen LogP contribution in [0.3, 0.4) is 0 Å². The van der Waals surface area contributed by atoms with Gasteiger partial charge in [0.25, 0.3) is 0 Å². The molecule has 0 bridgehead atoms. The van der Waals surface area contributed by atoms with Crippen molar-refractivity contribution in [2.75, 3.05) is 30.3 Å². The fourth-order valence-corrected chi connectivity index (χ4v) is 6.17. The van der Waals surface area contributed by atoms with Crippen LogP contribution >= 0.6 is 15.9 Å². The van der Waals surface area contributed by atoms with E-state index in [1.807, 2.05) is 24.3 Å². The normalized spacial score (nSPS) is 16.0. The number of hydrogen-bond donors (Lipinski definition) is 1. The van der Waals surface area contributed by atoms with E-state index in [0.29, 0.717) is 30.4 Å². The van der Waals surface area contributed by atoms with Gasteiger partial charge in [0.1, 0.15) is 19.3 Å². The summed E-state index contributed by atoms with van der Waals surface area (Å²) in [5.74, 6) is 0.692. The number of anilines is 1. The Labute approximate surface area is 239 Å². The molecule has 0 aromatic heterocycles. The number of rotatable bonds is 11. The molecule has 1 fully saturated rings. The van der Waals surface area contributed by atoms with E-state index < -0.39 is 16.1 Å². The minimum absolute atomic E-state index is 0.0914. The number of carbonyl (C=O) groups excluding carboxylic acids is 2. The molecular formula is C28H36BrN3O6S. The maximum Gasteiger partial charge on any atom is 0.242 e. The van der Waals surface area contributed by atoms with Crippen molar-refractivity contribution in [2.45, 2.75) is 64.1 Å². The number of fused-ring (bicyclic) bond motifs is 1. The predicted octanol–water partition coefficient (Wildman–Crippen LogP) is 4.24. The van der Waals surface area contributed by atoms with E-state index in [-0.39, 0.29) is 43.8 Å². The smallest absolute Gasteiger partial charge is 0.242 e. The number of nitrogens with zero attached hydrogens (tertiary/aromatic N) is 2. The van der Waals surface area contributed by atoms with Crippen LogP contribution < -0.4 is 19.1 Å². The maximum atomic E-state index is 13.5. The quantitative estimate of drug-likeness (QED) is 0.402. The topological polar surface area (TPSA) is 105 Å². The van der Waals surface area contributed by atoms with Crippen LogP contribution in [0.15, 0.2) is 46.9 Å². The molecule has 1 N–H and O–H groups in total. The van der Waals surface area contributed by atoms with E-state index >= 15 is 0 Å². The van der Waals surface area contributed by atoms with Crippen molar-refractivity contribution in [1.82, 2.24) is 10.2 Å². The molecule has 1 atom stereocenters. The molecule has 4 rings (SSSR count). The zero-order valence-electron chi connectivity index (χ0n) is 22.4. The highest BCUT2D eigenvalue weighted by molar-refractivity contribution is 9.10. The van der Waals surface area contributed by atoms with Gasteiger partial charge in [0.2, 0.25) is 21.8 Å². The summed E-state index contributed by atoms with van der Waals surface area (Å²) in [6.45, 7) is 2.98. The molecule has 11 heteroatoms. The lowest BCUT2D eigenvalue weighted by atomic mass is 10.1. The molecule has 212 valence electrons. The maximum absolute atomic E-state index is 13.5. The highest BCUT2D eigenvalue weighted by Gasteiger charge is 2.29. The minimum Gasteiger partial charge on any atom is -0.486 e. The number of hydrogen-bond acceptors (Lipinski definition) is 6. The van der Waals surface area contributed by atoms with Crippen LogP contribution in [0.2, 0.25) is 0 Å². The summed E-state index contributed by atoms with van der Waals surface area (Å²) in [6, 6.07) is 12.1. The first-order valence-electron chi connectivity index (χ1n) is 13.3. The first kappa shape index (κ1) is 29.2. The average Bonchev–Trinajstić information content (AvgIpc) is 3.42. The Balaban J connectivity index is 1.45. The molecule has 1 saturated carbocycles. The van der Waals surface area contributed by atoms with Gasteiger partial charge in [-0.3, -0.25) is 13.9 Å². The number of carbonyl (C=O) groups is 2. The number of nitrogens with one attached hydrogen (secondary N) is 1. The Bertz CT molecular complexity index is 1260. The third-order valence-electron chi connectivity index (χ3n) is 7.10. The minimum atomic E-state index is -3.62. The van der Waals surface area contributed by atoms with Crippen LogP contribution in [-0.4, -0.2) is 63.2 Å². The van der Waals surface area contributed by atoms with Crippen molar-refractivity contribution >= 4 is 43.5 Å². The molecule has 2 aliphatic rings. The standard InChI is InChI=1S/C28H36BrN3O6S/c1-20(28(34)30-23-6-3-4-7-23)31(19-21-9-11-22(29)12-10-21)27(33)8-5-15-32(39(2,35)36)24-13-14-25-26(18-24)38-17-16-37-25/h9-14,18,20,23H,3-8,15-17,19H2,1-2H3,(H,30,34). The van der Waals surface area contributed by atoms with Crippen LogP contribution in [0, 0.1) is 0 Å². The van der Waals surface area contributed by atoms with Crippen molar-refractivity contribution in [3.63, 3.8) is 0 Å². The lowest BCUT2D eigenvalue weighted by Gasteiger charge is -2.30. The monoisotopic (exact) mass is 621 g/mol. The lowest BCUT2D eigenvalue weighted by molar-refractivity contribution is -0.141. The van der Waals surface area contributed by atoms with E-state index in [9.17, 15) is 18.0 Å². The number of halogens is 1. The van der Waals surface area contributed by atoms with Crippen LogP contribution in [0.1, 0.15) is 51.0 Å². The van der Waals surface area contributed by atoms with Gasteiger partial charge in [-0.2, -0.15) is 0 Å². The predicted molar refractivity (Wildman–Crippen MR) is 153 cm³/mol. The van der Waals surface area contributed by atoms with Crippen molar-refractivity contribution in [1.29, 1.82) is 0 Å². The summed E-state index contributed by atoms with van der Waals surface area (Å²) >= 11 is 3.43. The van der Waals surface area contributed by atoms with Gasteiger partial charge in [0, 0.05) is 36.1 Å². The first-order chi connectivity index (χ1) is 18.6. The van der Waals surface area contributed by atoms with Gasteiger partial charge in [0.05, 0.1) is 11.9 Å². The van der Waals surface area contributed by atoms with Crippen LogP contribution in [0.25, 0.3) is 0 Å². The van der Waals surface area contributed by atoms with Gasteiger partial charge >= 0.3 is 0 Å². The average molecular weight is 623 g/mol. The third kappa shape index (κ3) is 7.88. The van der Waals surface area contributed by atoms with E-state index in [1.165, 1.54) is 4.31 Å². The van der Waals surface area contributed by atoms with E-state index in [2.05, 4.69) is 21.2 Å². The zero-order chi connectivity index (χ0) is 28.0. The van der Waals surface area contributed by atoms with Crippen LogP contribution in [0.4, 0.5) is 5.69 Å². The van der Waals surface area contributed by atoms with Gasteiger partial charge in [-0.05, 0) is 56.0 Å². The fraction of sp³-hybridized carbons (Fsp3) is 0.500. The Morgan fingerprint density at radius 3 is 2.38 bits per heavy atom. The van der Waals surface area contributed by atoms with E-state index in [4.69, 9.17) is 9.47 Å². The SMILES string of the molecule is CC(C(=O)NC1CCCC1)N(Cc1ccc(Br)cc1)C(=O)CCCN(c1ccc2c(c1)OCCO2)S(C)(=O)=O. The first-order valence-corrected chi connectivity index (χ1v) is 16.0. The molecule has 2 aromatic rings. The van der Waals surface area contributed by atoms with Crippen molar-refractivity contribution in [2.24, 2.45) is 0 Å². The third-order valence-corrected chi connectivity index (χ3v) is 8.82. The Morgan fingerprint density at radius 2 is 1.72 bits per heavy atom. The number of benzene rings is 2. The Hall–Kier alpha value is -2.79. The molecule has 39 heavy (non-hydrogen) atoms. The fourth-order valence-electron chi connectivity index (χ4n) is 4.95. The molecule has 1 unspecified atom stereocenters. The number of amides is 2. The van der Waals surface area contributed by atoms with Gasteiger partial charge in [0.15, 0.2) is 11.5 Å². The second-order valence-electron chi connectivity index (χ2n) is 10.1. The molecule has 0 radical (unpaired) electrons. The van der Waals surface area contributed by atoms with E-state index in [0.717, 1.165) is 42.0 Å². The number of sulfonamides is 1. The number of ether oxygens (including phenoxy) is 2. The molecule has 2 aromatic carbocycles. The second kappa shape index (κ2) is 13.0. The largest absolute Gasteiger partial charge is 0.486 e. The Kier molecular flexibility index (Phi) is 9.76. The molecule has 1 aliphatic carbocycles. The molecule has 0 spiro atoms. The summed E-state index contributed by atoms with van der Waals surface area (Å²) in [5, 5.41) is 3.10. The van der Waals surface area contributed by atoms with Crippen LogP contribution in [-0.2, 0) is 26.2 Å². The van der Waals surface area contributed by atoms with Crippen molar-refractivity contribution in [3.05, 3.63) is 52.5 Å². The highest BCUT2D eigenvalue weighted by Crippen LogP contribution is 2.34. The molecular weight excluding hydrogens is 586 g/mol. The molecule has 1 heterocycles. The van der Waals surface area contributed by atoms with Crippen molar-refractivity contribution < 1.29 is 27.5 Å². The van der Waals surface area contributed by atoms with Gasteiger partial charge in [-0.15, -0.1) is 0 Å². The van der Waals surface area contributed by atoms with E-state index in [1.54, 1.807) is 30.0 Å².